The molecule has 0 bridgehead atoms. The molecule has 0 aromatic carbocycles. The Balaban J connectivity index is 1.98. The van der Waals surface area contributed by atoms with Gasteiger partial charge in [0, 0.05) is 19.5 Å². The van der Waals surface area contributed by atoms with Crippen LogP contribution >= 0.6 is 0 Å². The van der Waals surface area contributed by atoms with Crippen LogP contribution in [0.4, 0.5) is 8.78 Å². The maximum Gasteiger partial charge on any atom is 0.269 e. The number of rotatable bonds is 1. The second-order valence-electron chi connectivity index (χ2n) is 5.38. The van der Waals surface area contributed by atoms with Crippen molar-refractivity contribution in [2.24, 2.45) is 11.1 Å². The van der Waals surface area contributed by atoms with Gasteiger partial charge in [-0.3, -0.25) is 14.4 Å². The van der Waals surface area contributed by atoms with Crippen LogP contribution in [0.25, 0.3) is 0 Å². The van der Waals surface area contributed by atoms with Gasteiger partial charge in [-0.1, -0.05) is 0 Å². The molecule has 2 heterocycles. The Labute approximate surface area is 103 Å². The third-order valence-electron chi connectivity index (χ3n) is 3.78. The lowest BCUT2D eigenvalue weighted by molar-refractivity contribution is 0.0446. The lowest BCUT2D eigenvalue weighted by atomic mass is 10.1. The number of hydrogen-bond donors (Lipinski definition) is 1. The number of carbonyl (C=O) groups excluding carboxylic acids is 1. The number of amides is 1. The molecule has 2 aliphatic rings. The Morgan fingerprint density at radius 1 is 1.50 bits per heavy atom. The molecule has 1 aliphatic heterocycles. The molecule has 1 saturated carbocycles. The van der Waals surface area contributed by atoms with Crippen molar-refractivity contribution in [2.45, 2.75) is 25.4 Å². The molecular formula is C11H14F2N4O. The maximum absolute atomic E-state index is 13.5. The van der Waals surface area contributed by atoms with Crippen LogP contribution in [0, 0.1) is 5.41 Å². The fourth-order valence-electron chi connectivity index (χ4n) is 2.75. The Morgan fingerprint density at radius 2 is 2.17 bits per heavy atom. The minimum Gasteiger partial charge on any atom is -0.364 e. The predicted molar refractivity (Wildman–Crippen MR) is 59.1 cm³/mol. The van der Waals surface area contributed by atoms with E-state index in [0.29, 0.717) is 13.1 Å². The van der Waals surface area contributed by atoms with E-state index >= 15 is 0 Å². The Bertz CT molecular complexity index is 527. The van der Waals surface area contributed by atoms with Crippen molar-refractivity contribution < 1.29 is 13.6 Å². The summed E-state index contributed by atoms with van der Waals surface area (Å²) < 4.78 is 28.6. The minimum atomic E-state index is -2.64. The van der Waals surface area contributed by atoms with Gasteiger partial charge in [0.25, 0.3) is 11.8 Å². The van der Waals surface area contributed by atoms with E-state index in [2.05, 4.69) is 5.10 Å². The standard InChI is InChI=1S/C11H14F2N4O/c1-16-3-7-2-8(9(14)18)15-17(7)6-10(5-16)4-11(10,12)13/h2H,3-6H2,1H3,(H2,14,18). The molecule has 0 saturated heterocycles. The van der Waals surface area contributed by atoms with Crippen LogP contribution in [0.3, 0.4) is 0 Å². The van der Waals surface area contributed by atoms with Crippen LogP contribution in [-0.4, -0.2) is 40.1 Å². The fraction of sp³-hybridized carbons (Fsp3) is 0.636. The molecule has 1 aromatic rings. The molecule has 1 aliphatic carbocycles. The summed E-state index contributed by atoms with van der Waals surface area (Å²) in [6, 6.07) is 1.58. The molecule has 3 rings (SSSR count). The zero-order valence-electron chi connectivity index (χ0n) is 9.99. The second kappa shape index (κ2) is 3.28. The number of primary amides is 1. The monoisotopic (exact) mass is 256 g/mol. The van der Waals surface area contributed by atoms with E-state index in [0.717, 1.165) is 5.69 Å². The third-order valence-corrected chi connectivity index (χ3v) is 3.78. The molecule has 1 unspecified atom stereocenters. The number of fused-ring (bicyclic) bond motifs is 1. The number of aromatic nitrogens is 2. The van der Waals surface area contributed by atoms with Crippen LogP contribution in [0.5, 0.6) is 0 Å². The Hall–Kier alpha value is -1.50. The molecule has 0 radical (unpaired) electrons. The molecule has 98 valence electrons. The van der Waals surface area contributed by atoms with Crippen LogP contribution in [0.2, 0.25) is 0 Å². The van der Waals surface area contributed by atoms with Gasteiger partial charge in [0.05, 0.1) is 17.7 Å². The average Bonchev–Trinajstić information content (AvgIpc) is 2.61. The quantitative estimate of drug-likeness (QED) is 0.793. The maximum atomic E-state index is 13.5. The van der Waals surface area contributed by atoms with Gasteiger partial charge in [-0.25, -0.2) is 8.78 Å². The van der Waals surface area contributed by atoms with Crippen LogP contribution in [0.15, 0.2) is 6.07 Å². The van der Waals surface area contributed by atoms with Gasteiger partial charge in [-0.15, -0.1) is 0 Å². The summed E-state index contributed by atoms with van der Waals surface area (Å²) in [6.07, 6.45) is -0.116. The summed E-state index contributed by atoms with van der Waals surface area (Å²) in [5.74, 6) is -3.27. The summed E-state index contributed by atoms with van der Waals surface area (Å²) in [5, 5.41) is 4.03. The van der Waals surface area contributed by atoms with E-state index in [-0.39, 0.29) is 18.7 Å². The van der Waals surface area contributed by atoms with Crippen molar-refractivity contribution in [3.05, 3.63) is 17.5 Å². The Kier molecular flexibility index (Phi) is 2.11. The predicted octanol–water partition coefficient (Wildman–Crippen LogP) is 0.453. The lowest BCUT2D eigenvalue weighted by Gasteiger charge is -2.19. The molecule has 1 fully saturated rings. The topological polar surface area (TPSA) is 64.2 Å². The molecule has 1 spiro atoms. The van der Waals surface area contributed by atoms with Gasteiger partial charge in [-0.2, -0.15) is 5.10 Å². The van der Waals surface area contributed by atoms with Gasteiger partial charge in [0.1, 0.15) is 5.69 Å². The van der Waals surface area contributed by atoms with E-state index in [9.17, 15) is 13.6 Å². The van der Waals surface area contributed by atoms with E-state index in [4.69, 9.17) is 5.73 Å². The van der Waals surface area contributed by atoms with E-state index < -0.39 is 17.2 Å². The summed E-state index contributed by atoms with van der Waals surface area (Å²) >= 11 is 0. The van der Waals surface area contributed by atoms with E-state index in [1.165, 1.54) is 4.68 Å². The molecule has 1 amide bonds. The van der Waals surface area contributed by atoms with Crippen molar-refractivity contribution in [3.63, 3.8) is 0 Å². The molecule has 18 heavy (non-hydrogen) atoms. The fourth-order valence-corrected chi connectivity index (χ4v) is 2.75. The van der Waals surface area contributed by atoms with E-state index in [1.54, 1.807) is 13.1 Å². The van der Waals surface area contributed by atoms with Gasteiger partial charge < -0.3 is 5.73 Å². The number of hydrogen-bond acceptors (Lipinski definition) is 3. The number of nitrogens with two attached hydrogens (primary N) is 1. The lowest BCUT2D eigenvalue weighted by Crippen LogP contribution is -2.29. The highest BCUT2D eigenvalue weighted by Gasteiger charge is 2.71. The van der Waals surface area contributed by atoms with Crippen molar-refractivity contribution in [2.75, 3.05) is 13.6 Å². The van der Waals surface area contributed by atoms with Gasteiger partial charge >= 0.3 is 0 Å². The number of carbonyl (C=O) groups is 1. The largest absolute Gasteiger partial charge is 0.364 e. The summed E-state index contributed by atoms with van der Waals surface area (Å²) in [7, 11) is 1.79. The Morgan fingerprint density at radius 3 is 2.72 bits per heavy atom. The highest BCUT2D eigenvalue weighted by atomic mass is 19.3. The van der Waals surface area contributed by atoms with Crippen LogP contribution in [-0.2, 0) is 13.1 Å². The zero-order chi connectivity index (χ0) is 13.1. The summed E-state index contributed by atoms with van der Waals surface area (Å²) in [4.78, 5) is 12.9. The second-order valence-corrected chi connectivity index (χ2v) is 5.38. The minimum absolute atomic E-state index is 0.116. The first-order chi connectivity index (χ1) is 8.33. The number of nitrogens with zero attached hydrogens (tertiary/aromatic N) is 3. The molecule has 2 N–H and O–H groups in total. The van der Waals surface area contributed by atoms with Gasteiger partial charge in [0.2, 0.25) is 0 Å². The summed E-state index contributed by atoms with van der Waals surface area (Å²) in [6.45, 7) is 0.986. The molecule has 1 atom stereocenters. The highest BCUT2D eigenvalue weighted by Crippen LogP contribution is 2.62. The highest BCUT2D eigenvalue weighted by molar-refractivity contribution is 5.90. The first kappa shape index (κ1) is 11.6. The third kappa shape index (κ3) is 1.53. The van der Waals surface area contributed by atoms with Gasteiger partial charge in [-0.05, 0) is 13.1 Å². The molecule has 1 aromatic heterocycles. The zero-order valence-corrected chi connectivity index (χ0v) is 9.99. The SMILES string of the molecule is CN1Cc2cc(C(N)=O)nn2CC2(C1)CC2(F)F. The van der Waals surface area contributed by atoms with Crippen molar-refractivity contribution in [1.29, 1.82) is 0 Å². The first-order valence-electron chi connectivity index (χ1n) is 5.76. The van der Waals surface area contributed by atoms with Gasteiger partial charge in [0.15, 0.2) is 0 Å². The van der Waals surface area contributed by atoms with Crippen molar-refractivity contribution >= 4 is 5.91 Å². The molecule has 5 nitrogen and oxygen atoms in total. The number of halogens is 2. The van der Waals surface area contributed by atoms with Crippen molar-refractivity contribution in [1.82, 2.24) is 14.7 Å². The smallest absolute Gasteiger partial charge is 0.269 e. The van der Waals surface area contributed by atoms with Crippen LogP contribution in [0.1, 0.15) is 22.6 Å². The summed E-state index contributed by atoms with van der Waals surface area (Å²) in [5.41, 5.74) is 5.02. The average molecular weight is 256 g/mol. The van der Waals surface area contributed by atoms with Crippen molar-refractivity contribution in [3.8, 4) is 0 Å². The van der Waals surface area contributed by atoms with E-state index in [1.807, 2.05) is 4.90 Å². The van der Waals surface area contributed by atoms with Crippen LogP contribution < -0.4 is 5.73 Å². The first-order valence-corrected chi connectivity index (χ1v) is 5.76. The normalized spacial score (nSPS) is 29.9. The molecular weight excluding hydrogens is 242 g/mol. The molecule has 7 heteroatoms. The number of alkyl halides is 2.